The molecule has 1 unspecified atom stereocenters. The lowest BCUT2D eigenvalue weighted by atomic mass is 9.97. The fourth-order valence-electron chi connectivity index (χ4n) is 3.17. The summed E-state index contributed by atoms with van der Waals surface area (Å²) in [6, 6.07) is 5.79. The molecule has 2 heterocycles. The lowest BCUT2D eigenvalue weighted by Gasteiger charge is -2.12. The van der Waals surface area contributed by atoms with E-state index in [1.54, 1.807) is 6.07 Å². The van der Waals surface area contributed by atoms with E-state index < -0.39 is 5.97 Å². The van der Waals surface area contributed by atoms with Gasteiger partial charge in [-0.2, -0.15) is 0 Å². The van der Waals surface area contributed by atoms with E-state index in [4.69, 9.17) is 4.98 Å². The molecule has 2 aromatic rings. The number of nitrogens with one attached hydrogen (secondary N) is 1. The van der Waals surface area contributed by atoms with Crippen molar-refractivity contribution in [2.75, 3.05) is 0 Å². The molecule has 4 nitrogen and oxygen atoms in total. The van der Waals surface area contributed by atoms with Crippen molar-refractivity contribution in [2.24, 2.45) is 0 Å². The standard InChI is InChI=1S/C19H16N2O2S/c1-10-7-8-11(2)17-16(10)13(19(22)23)9-15(20-17)18-12-5-3-4-6-14(12)21-24-18/h3-9,14,21H,1-2H3,(H,22,23). The van der Waals surface area contributed by atoms with Gasteiger partial charge in [-0.25, -0.2) is 14.5 Å². The molecule has 2 aliphatic rings. The van der Waals surface area contributed by atoms with Crippen LogP contribution in [-0.2, 0) is 0 Å². The first-order valence-electron chi connectivity index (χ1n) is 7.72. The van der Waals surface area contributed by atoms with Crippen molar-refractivity contribution in [1.29, 1.82) is 0 Å². The SMILES string of the molecule is Cc1ccc(C)c2c(C(=O)O)cc(C3=C4C=CC=CC4NS3)nc12. The molecule has 1 aromatic heterocycles. The third kappa shape index (κ3) is 2.28. The molecule has 1 aliphatic heterocycles. The van der Waals surface area contributed by atoms with Gasteiger partial charge in [0.05, 0.1) is 27.7 Å². The van der Waals surface area contributed by atoms with Crippen molar-refractivity contribution in [3.05, 3.63) is 70.5 Å². The van der Waals surface area contributed by atoms with E-state index in [1.807, 2.05) is 38.1 Å². The first-order valence-corrected chi connectivity index (χ1v) is 8.54. The maximum Gasteiger partial charge on any atom is 0.336 e. The van der Waals surface area contributed by atoms with Crippen LogP contribution in [0.5, 0.6) is 0 Å². The number of benzene rings is 1. The predicted molar refractivity (Wildman–Crippen MR) is 97.9 cm³/mol. The Labute approximate surface area is 144 Å². The molecule has 120 valence electrons. The van der Waals surface area contributed by atoms with Crippen LogP contribution in [0.1, 0.15) is 27.2 Å². The second kappa shape index (κ2) is 5.61. The van der Waals surface area contributed by atoms with Crippen LogP contribution in [0.15, 0.2) is 48.1 Å². The lowest BCUT2D eigenvalue weighted by Crippen LogP contribution is -2.17. The monoisotopic (exact) mass is 336 g/mol. The van der Waals surface area contributed by atoms with Gasteiger partial charge in [-0.15, -0.1) is 0 Å². The largest absolute Gasteiger partial charge is 0.478 e. The Bertz CT molecular complexity index is 973. The highest BCUT2D eigenvalue weighted by Gasteiger charge is 2.27. The van der Waals surface area contributed by atoms with E-state index in [0.717, 1.165) is 32.5 Å². The molecule has 0 amide bonds. The van der Waals surface area contributed by atoms with E-state index in [1.165, 1.54) is 11.9 Å². The molecule has 24 heavy (non-hydrogen) atoms. The average Bonchev–Trinajstić information content (AvgIpc) is 3.01. The van der Waals surface area contributed by atoms with Gasteiger partial charge in [0.15, 0.2) is 0 Å². The van der Waals surface area contributed by atoms with Crippen LogP contribution in [0, 0.1) is 13.8 Å². The minimum atomic E-state index is -0.922. The van der Waals surface area contributed by atoms with Crippen molar-refractivity contribution in [3.63, 3.8) is 0 Å². The number of carbonyl (C=O) groups is 1. The number of hydrogen-bond donors (Lipinski definition) is 2. The number of pyridine rings is 1. The van der Waals surface area contributed by atoms with Crippen molar-refractivity contribution in [2.45, 2.75) is 19.9 Å². The minimum absolute atomic E-state index is 0.152. The highest BCUT2D eigenvalue weighted by Crippen LogP contribution is 2.39. The number of fused-ring (bicyclic) bond motifs is 2. The van der Waals surface area contributed by atoms with Gasteiger partial charge in [-0.3, -0.25) is 0 Å². The Morgan fingerprint density at radius 2 is 2.04 bits per heavy atom. The zero-order valence-electron chi connectivity index (χ0n) is 13.3. The van der Waals surface area contributed by atoms with Crippen LogP contribution >= 0.6 is 11.9 Å². The smallest absolute Gasteiger partial charge is 0.336 e. The van der Waals surface area contributed by atoms with E-state index >= 15 is 0 Å². The van der Waals surface area contributed by atoms with Gasteiger partial charge in [0.2, 0.25) is 0 Å². The highest BCUT2D eigenvalue weighted by atomic mass is 32.2. The quantitative estimate of drug-likeness (QED) is 0.812. The van der Waals surface area contributed by atoms with Crippen molar-refractivity contribution >= 4 is 33.7 Å². The molecule has 1 atom stereocenters. The summed E-state index contributed by atoms with van der Waals surface area (Å²) in [6.07, 6.45) is 8.15. The molecule has 0 saturated heterocycles. The van der Waals surface area contributed by atoms with Gasteiger partial charge >= 0.3 is 5.97 Å². The van der Waals surface area contributed by atoms with E-state index in [9.17, 15) is 9.90 Å². The molecule has 0 fully saturated rings. The van der Waals surface area contributed by atoms with Crippen LogP contribution in [0.4, 0.5) is 0 Å². The molecule has 1 aromatic carbocycles. The Kier molecular flexibility index (Phi) is 3.55. The fraction of sp³-hybridized carbons (Fsp3) is 0.158. The number of aromatic nitrogens is 1. The number of aromatic carboxylic acids is 1. The molecule has 5 heteroatoms. The summed E-state index contributed by atoms with van der Waals surface area (Å²) >= 11 is 1.51. The third-order valence-corrected chi connectivity index (χ3v) is 5.43. The summed E-state index contributed by atoms with van der Waals surface area (Å²) in [4.78, 5) is 17.6. The summed E-state index contributed by atoms with van der Waals surface area (Å²) < 4.78 is 3.35. The van der Waals surface area contributed by atoms with Gasteiger partial charge in [-0.05, 0) is 48.6 Å². The van der Waals surface area contributed by atoms with Gasteiger partial charge in [0, 0.05) is 5.39 Å². The predicted octanol–water partition coefficient (Wildman–Crippen LogP) is 4.01. The van der Waals surface area contributed by atoms with E-state index in [2.05, 4.69) is 16.9 Å². The van der Waals surface area contributed by atoms with Crippen LogP contribution in [0.2, 0.25) is 0 Å². The summed E-state index contributed by atoms with van der Waals surface area (Å²) in [5, 5.41) is 10.4. The van der Waals surface area contributed by atoms with Crippen LogP contribution in [-0.4, -0.2) is 22.1 Å². The summed E-state index contributed by atoms with van der Waals surface area (Å²) in [5.41, 5.74) is 4.83. The summed E-state index contributed by atoms with van der Waals surface area (Å²) in [7, 11) is 0. The van der Waals surface area contributed by atoms with Crippen molar-refractivity contribution in [3.8, 4) is 0 Å². The molecular weight excluding hydrogens is 320 g/mol. The molecule has 0 saturated carbocycles. The lowest BCUT2D eigenvalue weighted by molar-refractivity contribution is 0.0699. The second-order valence-corrected chi connectivity index (χ2v) is 6.86. The summed E-state index contributed by atoms with van der Waals surface area (Å²) in [6.45, 7) is 3.89. The maximum atomic E-state index is 11.8. The molecule has 0 spiro atoms. The molecule has 0 radical (unpaired) electrons. The van der Waals surface area contributed by atoms with Crippen molar-refractivity contribution in [1.82, 2.24) is 9.71 Å². The molecule has 1 aliphatic carbocycles. The van der Waals surface area contributed by atoms with Gasteiger partial charge in [-0.1, -0.05) is 36.4 Å². The Morgan fingerprint density at radius 1 is 1.25 bits per heavy atom. The topological polar surface area (TPSA) is 62.2 Å². The zero-order chi connectivity index (χ0) is 16.8. The van der Waals surface area contributed by atoms with Crippen LogP contribution in [0.3, 0.4) is 0 Å². The average molecular weight is 336 g/mol. The normalized spacial score (nSPS) is 19.2. The molecule has 4 rings (SSSR count). The molecular formula is C19H16N2O2S. The van der Waals surface area contributed by atoms with Crippen LogP contribution < -0.4 is 4.72 Å². The van der Waals surface area contributed by atoms with Crippen molar-refractivity contribution < 1.29 is 9.90 Å². The number of rotatable bonds is 2. The molecule has 0 bridgehead atoms. The van der Waals surface area contributed by atoms with E-state index in [0.29, 0.717) is 11.3 Å². The second-order valence-electron chi connectivity index (χ2n) is 6.01. The number of nitrogens with zero attached hydrogens (tertiary/aromatic N) is 1. The number of carboxylic acids is 1. The van der Waals surface area contributed by atoms with Gasteiger partial charge in [0.25, 0.3) is 0 Å². The van der Waals surface area contributed by atoms with Crippen LogP contribution in [0.25, 0.3) is 15.8 Å². The Morgan fingerprint density at radius 3 is 2.83 bits per heavy atom. The Hall–Kier alpha value is -2.37. The number of allylic oxidation sites excluding steroid dienone is 2. The minimum Gasteiger partial charge on any atom is -0.478 e. The summed E-state index contributed by atoms with van der Waals surface area (Å²) in [5.74, 6) is -0.922. The third-order valence-electron chi connectivity index (χ3n) is 4.41. The molecule has 2 N–H and O–H groups in total. The Balaban J connectivity index is 2.02. The first-order chi connectivity index (χ1) is 11.6. The zero-order valence-corrected chi connectivity index (χ0v) is 14.1. The first kappa shape index (κ1) is 15.2. The van der Waals surface area contributed by atoms with Gasteiger partial charge < -0.3 is 5.11 Å². The number of hydrogen-bond acceptors (Lipinski definition) is 4. The van der Waals surface area contributed by atoms with Gasteiger partial charge in [0.1, 0.15) is 0 Å². The fourth-order valence-corrected chi connectivity index (χ4v) is 4.14. The number of aryl methyl sites for hydroxylation is 2. The maximum absolute atomic E-state index is 11.8. The van der Waals surface area contributed by atoms with E-state index in [-0.39, 0.29) is 6.04 Å². The highest BCUT2D eigenvalue weighted by molar-refractivity contribution is 8.06. The number of carboxylic acid groups (broad SMARTS) is 1.